The molecule has 3 aromatic rings. The second-order valence-corrected chi connectivity index (χ2v) is 9.92. The zero-order chi connectivity index (χ0) is 24.9. The lowest BCUT2D eigenvalue weighted by Gasteiger charge is -2.23. The maximum Gasteiger partial charge on any atom is 0.326 e. The highest BCUT2D eigenvalue weighted by atomic mass is 16.5. The average Bonchev–Trinajstić information content (AvgIpc) is 2.84. The normalized spacial score (nSPS) is 15.1. The SMILES string of the molecule is Cc1cc(C)c(C[C@H](NC(=O)c2ccc3ccccc3c2OCC2CCCCC2)C(=O)O)c(C)c1. The van der Waals surface area contributed by atoms with Crippen LogP contribution in [0.25, 0.3) is 10.8 Å². The number of rotatable bonds is 8. The number of aliphatic carboxylic acids is 1. The van der Waals surface area contributed by atoms with E-state index in [1.165, 1.54) is 19.3 Å². The molecule has 0 aromatic heterocycles. The quantitative estimate of drug-likeness (QED) is 0.411. The van der Waals surface area contributed by atoms with E-state index in [2.05, 4.69) is 5.32 Å². The van der Waals surface area contributed by atoms with Gasteiger partial charge in [-0.25, -0.2) is 4.79 Å². The Morgan fingerprint density at radius 2 is 1.69 bits per heavy atom. The Morgan fingerprint density at radius 1 is 1.00 bits per heavy atom. The number of benzene rings is 3. The van der Waals surface area contributed by atoms with Crippen molar-refractivity contribution in [1.29, 1.82) is 0 Å². The smallest absolute Gasteiger partial charge is 0.326 e. The summed E-state index contributed by atoms with van der Waals surface area (Å²) < 4.78 is 6.31. The van der Waals surface area contributed by atoms with Crippen LogP contribution in [0, 0.1) is 26.7 Å². The van der Waals surface area contributed by atoms with E-state index in [1.54, 1.807) is 6.07 Å². The number of aryl methyl sites for hydroxylation is 3. The summed E-state index contributed by atoms with van der Waals surface area (Å²) in [5, 5.41) is 14.6. The van der Waals surface area contributed by atoms with E-state index in [1.807, 2.05) is 63.2 Å². The maximum absolute atomic E-state index is 13.4. The molecule has 0 aliphatic heterocycles. The summed E-state index contributed by atoms with van der Waals surface area (Å²) in [6, 6.07) is 14.5. The number of hydrogen-bond donors (Lipinski definition) is 2. The van der Waals surface area contributed by atoms with Crippen LogP contribution in [-0.4, -0.2) is 29.6 Å². The predicted molar refractivity (Wildman–Crippen MR) is 139 cm³/mol. The maximum atomic E-state index is 13.4. The number of carbonyl (C=O) groups excluding carboxylic acids is 1. The fraction of sp³-hybridized carbons (Fsp3) is 0.400. The molecule has 184 valence electrons. The first-order valence-corrected chi connectivity index (χ1v) is 12.6. The molecule has 5 nitrogen and oxygen atoms in total. The van der Waals surface area contributed by atoms with Crippen LogP contribution in [0.4, 0.5) is 0 Å². The van der Waals surface area contributed by atoms with Crippen LogP contribution < -0.4 is 10.1 Å². The van der Waals surface area contributed by atoms with Gasteiger partial charge in [0, 0.05) is 11.8 Å². The number of ether oxygens (including phenoxy) is 1. The summed E-state index contributed by atoms with van der Waals surface area (Å²) in [5.41, 5.74) is 4.53. The van der Waals surface area contributed by atoms with Gasteiger partial charge in [-0.3, -0.25) is 4.79 Å². The second-order valence-electron chi connectivity index (χ2n) is 9.92. The van der Waals surface area contributed by atoms with Gasteiger partial charge in [0.25, 0.3) is 5.91 Å². The van der Waals surface area contributed by atoms with E-state index in [9.17, 15) is 14.7 Å². The molecule has 0 unspecified atom stereocenters. The Morgan fingerprint density at radius 3 is 2.37 bits per heavy atom. The van der Waals surface area contributed by atoms with E-state index in [0.717, 1.165) is 45.9 Å². The molecule has 4 rings (SSSR count). The lowest BCUT2D eigenvalue weighted by atomic mass is 9.90. The standard InChI is InChI=1S/C30H35NO4/c1-19-15-20(2)26(21(3)16-19)17-27(30(33)34)31-29(32)25-14-13-23-11-7-8-12-24(23)28(25)35-18-22-9-5-4-6-10-22/h7-8,11-16,22,27H,4-6,9-10,17-18H2,1-3H3,(H,31,32)(H,33,34)/t27-/m0/s1. The molecule has 5 heteroatoms. The van der Waals surface area contributed by atoms with Crippen LogP contribution in [0.5, 0.6) is 5.75 Å². The first kappa shape index (κ1) is 24.8. The van der Waals surface area contributed by atoms with Gasteiger partial charge in [0.2, 0.25) is 0 Å². The first-order valence-electron chi connectivity index (χ1n) is 12.6. The van der Waals surface area contributed by atoms with E-state index < -0.39 is 17.9 Å². The van der Waals surface area contributed by atoms with Gasteiger partial charge in [0.15, 0.2) is 0 Å². The van der Waals surface area contributed by atoms with Crippen molar-refractivity contribution in [2.45, 2.75) is 65.3 Å². The Hall–Kier alpha value is -3.34. The summed E-state index contributed by atoms with van der Waals surface area (Å²) in [4.78, 5) is 25.6. The largest absolute Gasteiger partial charge is 0.492 e. The summed E-state index contributed by atoms with van der Waals surface area (Å²) >= 11 is 0. The van der Waals surface area contributed by atoms with Gasteiger partial charge in [-0.1, -0.05) is 67.3 Å². The van der Waals surface area contributed by atoms with Gasteiger partial charge in [-0.15, -0.1) is 0 Å². The van der Waals surface area contributed by atoms with E-state index >= 15 is 0 Å². The molecule has 0 spiro atoms. The summed E-state index contributed by atoms with van der Waals surface area (Å²) in [7, 11) is 0. The van der Waals surface area contributed by atoms with Gasteiger partial charge < -0.3 is 15.2 Å². The minimum absolute atomic E-state index is 0.227. The molecule has 1 aliphatic carbocycles. The summed E-state index contributed by atoms with van der Waals surface area (Å²) in [6.07, 6.45) is 6.22. The van der Waals surface area contributed by atoms with E-state index in [0.29, 0.717) is 23.8 Å². The molecule has 0 saturated heterocycles. The fourth-order valence-electron chi connectivity index (χ4n) is 5.30. The van der Waals surface area contributed by atoms with Crippen LogP contribution in [0.1, 0.15) is 64.7 Å². The number of nitrogens with one attached hydrogen (secondary N) is 1. The monoisotopic (exact) mass is 473 g/mol. The van der Waals surface area contributed by atoms with Crippen LogP contribution in [0.2, 0.25) is 0 Å². The summed E-state index contributed by atoms with van der Waals surface area (Å²) in [6.45, 7) is 6.56. The molecule has 3 aromatic carbocycles. The van der Waals surface area contributed by atoms with E-state index in [4.69, 9.17) is 4.74 Å². The van der Waals surface area contributed by atoms with Crippen molar-refractivity contribution in [3.63, 3.8) is 0 Å². The topological polar surface area (TPSA) is 75.6 Å². The highest BCUT2D eigenvalue weighted by Crippen LogP contribution is 2.32. The van der Waals surface area contributed by atoms with Crippen LogP contribution >= 0.6 is 0 Å². The number of amides is 1. The van der Waals surface area contributed by atoms with Gasteiger partial charge in [0.1, 0.15) is 11.8 Å². The average molecular weight is 474 g/mol. The van der Waals surface area contributed by atoms with Crippen molar-refractivity contribution >= 4 is 22.6 Å². The third-order valence-electron chi connectivity index (χ3n) is 7.16. The summed E-state index contributed by atoms with van der Waals surface area (Å²) in [5.74, 6) is -0.455. The van der Waals surface area contributed by atoms with Crippen LogP contribution in [0.3, 0.4) is 0 Å². The number of hydrogen-bond acceptors (Lipinski definition) is 3. The van der Waals surface area contributed by atoms with Crippen LogP contribution in [-0.2, 0) is 11.2 Å². The third-order valence-corrected chi connectivity index (χ3v) is 7.16. The Balaban J connectivity index is 1.60. The number of carbonyl (C=O) groups is 2. The highest BCUT2D eigenvalue weighted by molar-refractivity contribution is 6.04. The Labute approximate surface area is 207 Å². The molecule has 2 N–H and O–H groups in total. The van der Waals surface area contributed by atoms with Crippen molar-refractivity contribution in [2.24, 2.45) is 5.92 Å². The molecule has 0 radical (unpaired) electrons. The van der Waals surface area contributed by atoms with Crippen molar-refractivity contribution in [2.75, 3.05) is 6.61 Å². The number of fused-ring (bicyclic) bond motifs is 1. The molecule has 1 atom stereocenters. The predicted octanol–water partition coefficient (Wildman–Crippen LogP) is 6.15. The first-order chi connectivity index (χ1) is 16.8. The molecule has 1 fully saturated rings. The zero-order valence-electron chi connectivity index (χ0n) is 20.9. The number of carboxylic acid groups (broad SMARTS) is 1. The molecular formula is C30H35NO4. The fourth-order valence-corrected chi connectivity index (χ4v) is 5.30. The molecule has 1 aliphatic rings. The molecule has 35 heavy (non-hydrogen) atoms. The van der Waals surface area contributed by atoms with Crippen molar-refractivity contribution in [1.82, 2.24) is 5.32 Å². The minimum Gasteiger partial charge on any atom is -0.492 e. The zero-order valence-corrected chi connectivity index (χ0v) is 20.9. The molecule has 1 saturated carbocycles. The van der Waals surface area contributed by atoms with Crippen LogP contribution in [0.15, 0.2) is 48.5 Å². The Bertz CT molecular complexity index is 1200. The van der Waals surface area contributed by atoms with Gasteiger partial charge in [-0.05, 0) is 67.7 Å². The molecule has 1 amide bonds. The lowest BCUT2D eigenvalue weighted by Crippen LogP contribution is -2.42. The molecule has 0 bridgehead atoms. The van der Waals surface area contributed by atoms with Crippen molar-refractivity contribution in [3.05, 3.63) is 76.3 Å². The second kappa shape index (κ2) is 10.9. The third kappa shape index (κ3) is 5.84. The highest BCUT2D eigenvalue weighted by Gasteiger charge is 2.25. The molecular weight excluding hydrogens is 438 g/mol. The molecule has 0 heterocycles. The van der Waals surface area contributed by atoms with E-state index in [-0.39, 0.29) is 6.42 Å². The van der Waals surface area contributed by atoms with Gasteiger partial charge in [-0.2, -0.15) is 0 Å². The minimum atomic E-state index is -1.05. The van der Waals surface area contributed by atoms with Crippen molar-refractivity contribution < 1.29 is 19.4 Å². The van der Waals surface area contributed by atoms with Gasteiger partial charge >= 0.3 is 5.97 Å². The number of carboxylic acids is 1. The van der Waals surface area contributed by atoms with Crippen molar-refractivity contribution in [3.8, 4) is 5.75 Å². The lowest BCUT2D eigenvalue weighted by molar-refractivity contribution is -0.139. The van der Waals surface area contributed by atoms with Gasteiger partial charge in [0.05, 0.1) is 12.2 Å². The Kier molecular flexibility index (Phi) is 7.74.